The molecule has 0 unspecified atom stereocenters. The summed E-state index contributed by atoms with van der Waals surface area (Å²) in [5.74, 6) is -0.139. The van der Waals surface area contributed by atoms with Crippen molar-refractivity contribution in [3.05, 3.63) is 29.8 Å². The molecule has 0 bridgehead atoms. The van der Waals surface area contributed by atoms with Gasteiger partial charge in [-0.2, -0.15) is 0 Å². The molecule has 0 aliphatic rings. The minimum Gasteiger partial charge on any atom is -0.497 e. The molecule has 0 saturated carbocycles. The van der Waals surface area contributed by atoms with Crippen molar-refractivity contribution in [3.8, 4) is 5.75 Å². The van der Waals surface area contributed by atoms with E-state index in [1.54, 1.807) is 29.2 Å². The first-order chi connectivity index (χ1) is 11.7. The van der Waals surface area contributed by atoms with E-state index in [1.807, 2.05) is 27.7 Å². The van der Waals surface area contributed by atoms with Crippen molar-refractivity contribution >= 4 is 17.7 Å². The van der Waals surface area contributed by atoms with E-state index in [0.29, 0.717) is 36.2 Å². The Morgan fingerprint density at radius 1 is 1.00 bits per heavy atom. The van der Waals surface area contributed by atoms with Crippen LogP contribution in [0.5, 0.6) is 5.75 Å². The molecular formula is C19H28N2O4. The van der Waals surface area contributed by atoms with Crippen LogP contribution in [0.15, 0.2) is 24.3 Å². The number of methoxy groups -OCH3 is 1. The number of nitrogens with one attached hydrogen (secondary N) is 1. The van der Waals surface area contributed by atoms with E-state index in [-0.39, 0.29) is 12.3 Å². The van der Waals surface area contributed by atoms with Crippen molar-refractivity contribution < 1.29 is 19.1 Å². The third kappa shape index (κ3) is 7.37. The zero-order chi connectivity index (χ0) is 19.0. The highest BCUT2D eigenvalue weighted by Crippen LogP contribution is 2.11. The van der Waals surface area contributed by atoms with Gasteiger partial charge in [0.15, 0.2) is 0 Å². The molecule has 6 heteroatoms. The molecule has 1 aromatic carbocycles. The van der Waals surface area contributed by atoms with Crippen molar-refractivity contribution in [2.24, 2.45) is 11.8 Å². The van der Waals surface area contributed by atoms with Crippen LogP contribution in [0.25, 0.3) is 0 Å². The maximum absolute atomic E-state index is 12.4. The highest BCUT2D eigenvalue weighted by Gasteiger charge is 2.20. The van der Waals surface area contributed by atoms with Gasteiger partial charge in [0.05, 0.1) is 7.11 Å². The molecule has 0 saturated heterocycles. The standard InChI is InChI=1S/C19H28N2O4/c1-13(2)11-21(12-14(3)4)18(23)10-17(22)20-19(24)15-6-8-16(25-5)9-7-15/h6-9,13-14H,10-12H2,1-5H3,(H,20,22,24). The molecule has 6 nitrogen and oxygen atoms in total. The van der Waals surface area contributed by atoms with Crippen LogP contribution in [0.3, 0.4) is 0 Å². The number of nitrogens with zero attached hydrogens (tertiary/aromatic N) is 1. The van der Waals surface area contributed by atoms with E-state index < -0.39 is 11.8 Å². The average molecular weight is 348 g/mol. The first kappa shape index (κ1) is 20.7. The Hall–Kier alpha value is -2.37. The van der Waals surface area contributed by atoms with Gasteiger partial charge in [0.1, 0.15) is 12.2 Å². The van der Waals surface area contributed by atoms with Gasteiger partial charge in [-0.05, 0) is 36.1 Å². The summed E-state index contributed by atoms with van der Waals surface area (Å²) < 4.78 is 5.02. The average Bonchev–Trinajstić information content (AvgIpc) is 2.53. The van der Waals surface area contributed by atoms with Gasteiger partial charge in [0, 0.05) is 18.7 Å². The van der Waals surface area contributed by atoms with Gasteiger partial charge in [0.2, 0.25) is 11.8 Å². The predicted molar refractivity (Wildman–Crippen MR) is 96.3 cm³/mol. The van der Waals surface area contributed by atoms with Crippen LogP contribution in [-0.4, -0.2) is 42.8 Å². The van der Waals surface area contributed by atoms with E-state index in [0.717, 1.165) is 0 Å². The number of benzene rings is 1. The first-order valence-corrected chi connectivity index (χ1v) is 8.49. The molecule has 0 aromatic heterocycles. The van der Waals surface area contributed by atoms with Gasteiger partial charge < -0.3 is 9.64 Å². The van der Waals surface area contributed by atoms with Gasteiger partial charge in [-0.3, -0.25) is 19.7 Å². The van der Waals surface area contributed by atoms with Gasteiger partial charge in [-0.1, -0.05) is 27.7 Å². The van der Waals surface area contributed by atoms with E-state index in [1.165, 1.54) is 7.11 Å². The van der Waals surface area contributed by atoms with E-state index >= 15 is 0 Å². The molecular weight excluding hydrogens is 320 g/mol. The fourth-order valence-electron chi connectivity index (χ4n) is 2.39. The minimum absolute atomic E-state index is 0.262. The largest absolute Gasteiger partial charge is 0.497 e. The monoisotopic (exact) mass is 348 g/mol. The van der Waals surface area contributed by atoms with Crippen molar-refractivity contribution in [2.45, 2.75) is 34.1 Å². The van der Waals surface area contributed by atoms with Crippen LogP contribution in [0.1, 0.15) is 44.5 Å². The lowest BCUT2D eigenvalue weighted by Gasteiger charge is -2.26. The molecule has 0 radical (unpaired) electrons. The topological polar surface area (TPSA) is 75.7 Å². The summed E-state index contributed by atoms with van der Waals surface area (Å²) in [6, 6.07) is 6.40. The number of hydrogen-bond acceptors (Lipinski definition) is 4. The molecule has 0 heterocycles. The summed E-state index contributed by atoms with van der Waals surface area (Å²) in [4.78, 5) is 38.1. The second-order valence-electron chi connectivity index (χ2n) is 6.87. The van der Waals surface area contributed by atoms with Gasteiger partial charge in [0.25, 0.3) is 5.91 Å². The molecule has 0 spiro atoms. The van der Waals surface area contributed by atoms with Crippen LogP contribution >= 0.6 is 0 Å². The Morgan fingerprint density at radius 2 is 1.52 bits per heavy atom. The smallest absolute Gasteiger partial charge is 0.257 e. The second-order valence-corrected chi connectivity index (χ2v) is 6.87. The van der Waals surface area contributed by atoms with E-state index in [9.17, 15) is 14.4 Å². The molecule has 0 aliphatic heterocycles. The molecule has 1 rings (SSSR count). The Balaban J connectivity index is 2.63. The van der Waals surface area contributed by atoms with Crippen molar-refractivity contribution in [2.75, 3.05) is 20.2 Å². The summed E-state index contributed by atoms with van der Waals surface area (Å²) in [7, 11) is 1.53. The fraction of sp³-hybridized carbons (Fsp3) is 0.526. The maximum Gasteiger partial charge on any atom is 0.257 e. The van der Waals surface area contributed by atoms with E-state index in [2.05, 4.69) is 5.32 Å². The zero-order valence-corrected chi connectivity index (χ0v) is 15.7. The number of hydrogen-bond donors (Lipinski definition) is 1. The molecule has 138 valence electrons. The van der Waals surface area contributed by atoms with Crippen LogP contribution < -0.4 is 10.1 Å². The summed E-state index contributed by atoms with van der Waals surface area (Å²) >= 11 is 0. The SMILES string of the molecule is COc1ccc(C(=O)NC(=O)CC(=O)N(CC(C)C)CC(C)C)cc1. The molecule has 1 N–H and O–H groups in total. The predicted octanol–water partition coefficient (Wildman–Crippen LogP) is 2.48. The van der Waals surface area contributed by atoms with Crippen LogP contribution in [-0.2, 0) is 9.59 Å². The molecule has 3 amide bonds. The highest BCUT2D eigenvalue weighted by atomic mass is 16.5. The first-order valence-electron chi connectivity index (χ1n) is 8.49. The number of carbonyl (C=O) groups excluding carboxylic acids is 3. The highest BCUT2D eigenvalue weighted by molar-refractivity contribution is 6.09. The van der Waals surface area contributed by atoms with Crippen molar-refractivity contribution in [1.29, 1.82) is 0 Å². The zero-order valence-electron chi connectivity index (χ0n) is 15.7. The third-order valence-electron chi connectivity index (χ3n) is 3.44. The Labute approximate surface area is 149 Å². The molecule has 0 atom stereocenters. The molecule has 25 heavy (non-hydrogen) atoms. The normalized spacial score (nSPS) is 10.7. The van der Waals surface area contributed by atoms with Crippen LogP contribution in [0.4, 0.5) is 0 Å². The number of carbonyl (C=O) groups is 3. The van der Waals surface area contributed by atoms with Crippen molar-refractivity contribution in [3.63, 3.8) is 0 Å². The summed E-state index contributed by atoms with van der Waals surface area (Å²) in [5.41, 5.74) is 0.336. The molecule has 0 aliphatic carbocycles. The summed E-state index contributed by atoms with van der Waals surface area (Å²) in [6.45, 7) is 9.27. The van der Waals surface area contributed by atoms with Crippen molar-refractivity contribution in [1.82, 2.24) is 10.2 Å². The summed E-state index contributed by atoms with van der Waals surface area (Å²) in [6.07, 6.45) is -0.332. The minimum atomic E-state index is -0.594. The Bertz CT molecular complexity index is 584. The van der Waals surface area contributed by atoms with Gasteiger partial charge in [-0.25, -0.2) is 0 Å². The summed E-state index contributed by atoms with van der Waals surface area (Å²) in [5, 5.41) is 2.26. The fourth-order valence-corrected chi connectivity index (χ4v) is 2.39. The molecule has 1 aromatic rings. The Kier molecular flexibility index (Phi) is 8.11. The van der Waals surface area contributed by atoms with Gasteiger partial charge >= 0.3 is 0 Å². The Morgan fingerprint density at radius 3 is 1.96 bits per heavy atom. The van der Waals surface area contributed by atoms with E-state index in [4.69, 9.17) is 4.74 Å². The lowest BCUT2D eigenvalue weighted by atomic mass is 10.1. The lowest BCUT2D eigenvalue weighted by Crippen LogP contribution is -2.41. The van der Waals surface area contributed by atoms with Crippen LogP contribution in [0, 0.1) is 11.8 Å². The lowest BCUT2D eigenvalue weighted by molar-refractivity contribution is -0.136. The third-order valence-corrected chi connectivity index (χ3v) is 3.44. The number of rotatable bonds is 8. The number of ether oxygens (including phenoxy) is 1. The number of imide groups is 1. The quantitative estimate of drug-likeness (QED) is 0.732. The van der Waals surface area contributed by atoms with Gasteiger partial charge in [-0.15, -0.1) is 0 Å². The number of amides is 3. The maximum atomic E-state index is 12.4. The second kappa shape index (κ2) is 9.81. The van der Waals surface area contributed by atoms with Crippen LogP contribution in [0.2, 0.25) is 0 Å². The molecule has 0 fully saturated rings.